The molecule has 1 saturated heterocycles. The number of nitrogens with one attached hydrogen (secondary N) is 1. The zero-order chi connectivity index (χ0) is 15.1. The van der Waals surface area contributed by atoms with Crippen LogP contribution in [0, 0.1) is 17.8 Å². The van der Waals surface area contributed by atoms with Crippen LogP contribution >= 0.6 is 0 Å². The van der Waals surface area contributed by atoms with E-state index in [1.54, 1.807) is 0 Å². The lowest BCUT2D eigenvalue weighted by Gasteiger charge is -2.31. The topological polar surface area (TPSA) is 32.3 Å². The first-order valence-corrected chi connectivity index (χ1v) is 7.75. The number of benzene rings is 1. The van der Waals surface area contributed by atoms with Gasteiger partial charge in [-0.25, -0.2) is 0 Å². The molecule has 1 aliphatic heterocycles. The normalized spacial score (nSPS) is 18.0. The second-order valence-electron chi connectivity index (χ2n) is 5.88. The number of piperidine rings is 1. The predicted molar refractivity (Wildman–Crippen MR) is 85.8 cm³/mol. The molecular weight excluding hydrogens is 260 g/mol. The zero-order valence-electron chi connectivity index (χ0n) is 12.9. The Hall–Kier alpha value is -1.79. The van der Waals surface area contributed by atoms with Crippen molar-refractivity contribution in [3.05, 3.63) is 35.9 Å². The first kappa shape index (κ1) is 15.6. The van der Waals surface area contributed by atoms with E-state index >= 15 is 0 Å². The molecule has 1 aliphatic rings. The van der Waals surface area contributed by atoms with Gasteiger partial charge in [-0.1, -0.05) is 24.1 Å². The van der Waals surface area contributed by atoms with Crippen LogP contribution in [0.2, 0.25) is 0 Å². The third-order valence-electron chi connectivity index (χ3n) is 3.83. The van der Waals surface area contributed by atoms with Crippen molar-refractivity contribution in [1.29, 1.82) is 0 Å². The minimum atomic E-state index is -0.0700. The molecule has 3 heteroatoms. The number of carbonyl (C=O) groups is 1. The largest absolute Gasteiger partial charge is 0.329 e. The van der Waals surface area contributed by atoms with Gasteiger partial charge in [-0.05, 0) is 57.8 Å². The summed E-state index contributed by atoms with van der Waals surface area (Å²) in [5, 5.41) is 3.40. The molecule has 0 spiro atoms. The second kappa shape index (κ2) is 7.85. The van der Waals surface area contributed by atoms with E-state index in [4.69, 9.17) is 0 Å². The van der Waals surface area contributed by atoms with Crippen LogP contribution in [0.15, 0.2) is 30.3 Å². The maximum Gasteiger partial charge on any atom is 0.299 e. The summed E-state index contributed by atoms with van der Waals surface area (Å²) < 4.78 is 0. The standard InChI is InChI=1S/C18H24N2O/c1-15(2)20(14-17-9-6-12-19-13-17)18(21)11-10-16-7-4-3-5-8-16/h3-5,7-8,15,17,19H,6,9,12-14H2,1-2H3. The second-order valence-corrected chi connectivity index (χ2v) is 5.88. The Labute approximate surface area is 127 Å². The fourth-order valence-electron chi connectivity index (χ4n) is 2.61. The van der Waals surface area contributed by atoms with Crippen molar-refractivity contribution in [2.75, 3.05) is 19.6 Å². The Morgan fingerprint density at radius 3 is 2.76 bits per heavy atom. The number of carbonyl (C=O) groups excluding carboxylic acids is 1. The molecule has 21 heavy (non-hydrogen) atoms. The quantitative estimate of drug-likeness (QED) is 0.864. The van der Waals surface area contributed by atoms with Crippen LogP contribution in [-0.2, 0) is 4.79 Å². The Balaban J connectivity index is 2.00. The summed E-state index contributed by atoms with van der Waals surface area (Å²) in [7, 11) is 0. The van der Waals surface area contributed by atoms with E-state index in [1.807, 2.05) is 35.2 Å². The summed E-state index contributed by atoms with van der Waals surface area (Å²) in [4.78, 5) is 14.3. The highest BCUT2D eigenvalue weighted by Crippen LogP contribution is 2.13. The summed E-state index contributed by atoms with van der Waals surface area (Å²) in [5.41, 5.74) is 0.883. The van der Waals surface area contributed by atoms with Crippen molar-refractivity contribution >= 4 is 5.91 Å². The molecule has 0 bridgehead atoms. The van der Waals surface area contributed by atoms with Gasteiger partial charge in [0.15, 0.2) is 0 Å². The van der Waals surface area contributed by atoms with Crippen molar-refractivity contribution in [1.82, 2.24) is 10.2 Å². The summed E-state index contributed by atoms with van der Waals surface area (Å²) in [6.45, 7) is 7.01. The van der Waals surface area contributed by atoms with Crippen LogP contribution in [0.4, 0.5) is 0 Å². The van der Waals surface area contributed by atoms with Crippen LogP contribution in [0.5, 0.6) is 0 Å². The lowest BCUT2D eigenvalue weighted by atomic mass is 9.98. The number of hydrogen-bond donors (Lipinski definition) is 1. The molecule has 1 fully saturated rings. The van der Waals surface area contributed by atoms with Gasteiger partial charge in [0.05, 0.1) is 0 Å². The summed E-state index contributed by atoms with van der Waals surface area (Å²) >= 11 is 0. The Bertz CT molecular complexity index is 507. The van der Waals surface area contributed by atoms with Gasteiger partial charge >= 0.3 is 0 Å². The highest BCUT2D eigenvalue weighted by molar-refractivity contribution is 5.94. The average Bonchev–Trinajstić information content (AvgIpc) is 2.52. The van der Waals surface area contributed by atoms with Gasteiger partial charge < -0.3 is 10.2 Å². The third-order valence-corrected chi connectivity index (χ3v) is 3.83. The molecule has 1 aromatic rings. The molecule has 1 heterocycles. The van der Waals surface area contributed by atoms with Crippen LogP contribution in [0.3, 0.4) is 0 Å². The predicted octanol–water partition coefficient (Wildman–Crippen LogP) is 2.27. The summed E-state index contributed by atoms with van der Waals surface area (Å²) in [5.74, 6) is 6.22. The van der Waals surface area contributed by atoms with Gasteiger partial charge in [0.1, 0.15) is 0 Å². The molecule has 2 rings (SSSR count). The van der Waals surface area contributed by atoms with Gasteiger partial charge in [0.2, 0.25) is 0 Å². The fraction of sp³-hybridized carbons (Fsp3) is 0.500. The SMILES string of the molecule is CC(C)N(CC1CCCNC1)C(=O)C#Cc1ccccc1. The molecule has 112 valence electrons. The smallest absolute Gasteiger partial charge is 0.299 e. The minimum Gasteiger partial charge on any atom is -0.329 e. The maximum atomic E-state index is 12.4. The lowest BCUT2D eigenvalue weighted by molar-refractivity contribution is -0.127. The molecule has 1 N–H and O–H groups in total. The van der Waals surface area contributed by atoms with E-state index in [9.17, 15) is 4.79 Å². The van der Waals surface area contributed by atoms with Crippen LogP contribution in [0.25, 0.3) is 0 Å². The first-order valence-electron chi connectivity index (χ1n) is 7.75. The van der Waals surface area contributed by atoms with E-state index in [0.29, 0.717) is 5.92 Å². The highest BCUT2D eigenvalue weighted by atomic mass is 16.2. The maximum absolute atomic E-state index is 12.4. The fourth-order valence-corrected chi connectivity index (χ4v) is 2.61. The van der Waals surface area contributed by atoms with E-state index in [1.165, 1.54) is 12.8 Å². The van der Waals surface area contributed by atoms with E-state index < -0.39 is 0 Å². The lowest BCUT2D eigenvalue weighted by Crippen LogP contribution is -2.43. The molecule has 1 aromatic carbocycles. The molecular formula is C18H24N2O. The van der Waals surface area contributed by atoms with E-state index in [0.717, 1.165) is 25.2 Å². The molecule has 1 unspecified atom stereocenters. The highest BCUT2D eigenvalue weighted by Gasteiger charge is 2.21. The molecule has 0 saturated carbocycles. The molecule has 3 nitrogen and oxygen atoms in total. The minimum absolute atomic E-state index is 0.0700. The number of nitrogens with zero attached hydrogens (tertiary/aromatic N) is 1. The van der Waals surface area contributed by atoms with Gasteiger partial charge in [-0.2, -0.15) is 0 Å². The molecule has 1 amide bonds. The van der Waals surface area contributed by atoms with Gasteiger partial charge in [-0.15, -0.1) is 0 Å². The van der Waals surface area contributed by atoms with Crippen molar-refractivity contribution in [3.63, 3.8) is 0 Å². The molecule has 1 atom stereocenters. The summed E-state index contributed by atoms with van der Waals surface area (Å²) in [6.07, 6.45) is 2.39. The Kier molecular flexibility index (Phi) is 5.83. The van der Waals surface area contributed by atoms with E-state index in [2.05, 4.69) is 31.0 Å². The van der Waals surface area contributed by atoms with Gasteiger partial charge in [0.25, 0.3) is 5.91 Å². The molecule has 0 radical (unpaired) electrons. The van der Waals surface area contributed by atoms with Gasteiger partial charge in [-0.3, -0.25) is 4.79 Å². The van der Waals surface area contributed by atoms with Crippen LogP contribution in [-0.4, -0.2) is 36.5 Å². The van der Waals surface area contributed by atoms with Crippen molar-refractivity contribution in [2.24, 2.45) is 5.92 Å². The van der Waals surface area contributed by atoms with Crippen molar-refractivity contribution < 1.29 is 4.79 Å². The third kappa shape index (κ3) is 4.91. The van der Waals surface area contributed by atoms with Crippen LogP contribution in [0.1, 0.15) is 32.3 Å². The number of rotatable bonds is 3. The zero-order valence-corrected chi connectivity index (χ0v) is 12.9. The average molecular weight is 284 g/mol. The monoisotopic (exact) mass is 284 g/mol. The van der Waals surface area contributed by atoms with Gasteiger partial charge in [0, 0.05) is 24.1 Å². The summed E-state index contributed by atoms with van der Waals surface area (Å²) in [6, 6.07) is 9.84. The van der Waals surface area contributed by atoms with Crippen molar-refractivity contribution in [3.8, 4) is 11.8 Å². The molecule has 0 aromatic heterocycles. The Morgan fingerprint density at radius 1 is 1.38 bits per heavy atom. The number of hydrogen-bond acceptors (Lipinski definition) is 2. The van der Waals surface area contributed by atoms with Crippen molar-refractivity contribution in [2.45, 2.75) is 32.7 Å². The first-order chi connectivity index (χ1) is 10.2. The van der Waals surface area contributed by atoms with E-state index in [-0.39, 0.29) is 11.9 Å². The van der Waals surface area contributed by atoms with Crippen LogP contribution < -0.4 is 5.32 Å². The molecule has 0 aliphatic carbocycles. The number of amides is 1. The Morgan fingerprint density at radius 2 is 2.14 bits per heavy atom.